The summed E-state index contributed by atoms with van der Waals surface area (Å²) in [5.41, 5.74) is 8.93. The number of nitrogens with zero attached hydrogens (tertiary/aromatic N) is 2. The van der Waals surface area contributed by atoms with E-state index in [0.29, 0.717) is 24.4 Å². The molecule has 1 aliphatic heterocycles. The SMILES string of the molecule is Cc1nc(N)c(C#N)c2c1COC(C)(C)C2. The molecule has 2 rings (SSSR count). The molecule has 1 aliphatic rings. The highest BCUT2D eigenvalue weighted by Gasteiger charge is 2.30. The van der Waals surface area contributed by atoms with Gasteiger partial charge in [0.2, 0.25) is 0 Å². The number of pyridine rings is 1. The number of nitrogen functional groups attached to an aromatic ring is 1. The Balaban J connectivity index is 2.65. The van der Waals surface area contributed by atoms with E-state index >= 15 is 0 Å². The number of aryl methyl sites for hydroxylation is 1. The monoisotopic (exact) mass is 217 g/mol. The van der Waals surface area contributed by atoms with Gasteiger partial charge < -0.3 is 10.5 Å². The van der Waals surface area contributed by atoms with E-state index in [2.05, 4.69) is 11.1 Å². The fraction of sp³-hybridized carbons (Fsp3) is 0.500. The van der Waals surface area contributed by atoms with Gasteiger partial charge in [-0.25, -0.2) is 4.98 Å². The van der Waals surface area contributed by atoms with E-state index < -0.39 is 0 Å². The first-order valence-corrected chi connectivity index (χ1v) is 5.26. The second kappa shape index (κ2) is 3.46. The first kappa shape index (κ1) is 10.9. The van der Waals surface area contributed by atoms with Crippen LogP contribution in [-0.2, 0) is 17.8 Å². The molecule has 0 bridgehead atoms. The lowest BCUT2D eigenvalue weighted by molar-refractivity contribution is -0.0405. The molecule has 0 saturated heterocycles. The zero-order chi connectivity index (χ0) is 11.9. The van der Waals surface area contributed by atoms with Crippen molar-refractivity contribution in [2.24, 2.45) is 0 Å². The Bertz CT molecular complexity index is 486. The Kier molecular flexibility index (Phi) is 2.36. The largest absolute Gasteiger partial charge is 0.383 e. The van der Waals surface area contributed by atoms with Crippen molar-refractivity contribution in [3.63, 3.8) is 0 Å². The molecule has 0 unspecified atom stereocenters. The lowest BCUT2D eigenvalue weighted by Gasteiger charge is -2.33. The van der Waals surface area contributed by atoms with E-state index in [1.54, 1.807) is 0 Å². The highest BCUT2D eigenvalue weighted by Crippen LogP contribution is 2.32. The third-order valence-corrected chi connectivity index (χ3v) is 2.97. The fourth-order valence-corrected chi connectivity index (χ4v) is 2.08. The van der Waals surface area contributed by atoms with Gasteiger partial charge in [-0.1, -0.05) is 0 Å². The molecule has 1 aromatic heterocycles. The normalized spacial score (nSPS) is 17.6. The molecular weight excluding hydrogens is 202 g/mol. The van der Waals surface area contributed by atoms with Crippen LogP contribution in [0.3, 0.4) is 0 Å². The Morgan fingerprint density at radius 3 is 2.75 bits per heavy atom. The first-order valence-electron chi connectivity index (χ1n) is 5.26. The van der Waals surface area contributed by atoms with Gasteiger partial charge in [0.1, 0.15) is 11.9 Å². The van der Waals surface area contributed by atoms with Crippen LogP contribution in [0, 0.1) is 18.3 Å². The van der Waals surface area contributed by atoms with Gasteiger partial charge >= 0.3 is 0 Å². The van der Waals surface area contributed by atoms with Crippen molar-refractivity contribution in [2.75, 3.05) is 5.73 Å². The molecule has 0 radical (unpaired) electrons. The summed E-state index contributed by atoms with van der Waals surface area (Å²) in [6.45, 7) is 6.44. The quantitative estimate of drug-likeness (QED) is 0.717. The number of aromatic nitrogens is 1. The molecule has 16 heavy (non-hydrogen) atoms. The van der Waals surface area contributed by atoms with Gasteiger partial charge in [0.25, 0.3) is 0 Å². The van der Waals surface area contributed by atoms with Crippen molar-refractivity contribution in [2.45, 2.75) is 39.4 Å². The van der Waals surface area contributed by atoms with Crippen LogP contribution < -0.4 is 5.73 Å². The average Bonchev–Trinajstić information content (AvgIpc) is 2.16. The van der Waals surface area contributed by atoms with Crippen molar-refractivity contribution in [3.05, 3.63) is 22.4 Å². The van der Waals surface area contributed by atoms with Gasteiger partial charge in [0.05, 0.1) is 17.8 Å². The minimum atomic E-state index is -0.237. The van der Waals surface area contributed by atoms with Crippen LogP contribution in [0.1, 0.15) is 36.2 Å². The molecule has 0 fully saturated rings. The topological polar surface area (TPSA) is 71.9 Å². The van der Waals surface area contributed by atoms with Crippen LogP contribution in [0.25, 0.3) is 0 Å². The van der Waals surface area contributed by atoms with Crippen molar-refractivity contribution in [1.82, 2.24) is 4.98 Å². The zero-order valence-corrected chi connectivity index (χ0v) is 9.79. The number of rotatable bonds is 0. The van der Waals surface area contributed by atoms with Crippen LogP contribution in [-0.4, -0.2) is 10.6 Å². The molecule has 0 spiro atoms. The van der Waals surface area contributed by atoms with Crippen LogP contribution in [0.4, 0.5) is 5.82 Å². The fourth-order valence-electron chi connectivity index (χ4n) is 2.08. The summed E-state index contributed by atoms with van der Waals surface area (Å²) in [7, 11) is 0. The van der Waals surface area contributed by atoms with E-state index in [0.717, 1.165) is 16.8 Å². The molecule has 0 saturated carbocycles. The molecule has 4 nitrogen and oxygen atoms in total. The smallest absolute Gasteiger partial charge is 0.141 e. The summed E-state index contributed by atoms with van der Waals surface area (Å²) >= 11 is 0. The first-order chi connectivity index (χ1) is 7.44. The van der Waals surface area contributed by atoms with Gasteiger partial charge in [-0.3, -0.25) is 0 Å². The van der Waals surface area contributed by atoms with Crippen molar-refractivity contribution >= 4 is 5.82 Å². The summed E-state index contributed by atoms with van der Waals surface area (Å²) in [4.78, 5) is 4.18. The van der Waals surface area contributed by atoms with Crippen molar-refractivity contribution in [3.8, 4) is 6.07 Å². The Morgan fingerprint density at radius 2 is 2.12 bits per heavy atom. The van der Waals surface area contributed by atoms with Crippen LogP contribution in [0.2, 0.25) is 0 Å². The number of anilines is 1. The molecule has 4 heteroatoms. The predicted molar refractivity (Wildman–Crippen MR) is 60.7 cm³/mol. The maximum atomic E-state index is 9.12. The van der Waals surface area contributed by atoms with Gasteiger partial charge in [-0.2, -0.15) is 5.26 Å². The van der Waals surface area contributed by atoms with Crippen molar-refractivity contribution < 1.29 is 4.74 Å². The number of nitrogens with two attached hydrogens (primary N) is 1. The predicted octanol–water partition coefficient (Wildman–Crippen LogP) is 1.70. The molecule has 84 valence electrons. The third-order valence-electron chi connectivity index (χ3n) is 2.97. The molecule has 0 atom stereocenters. The average molecular weight is 217 g/mol. The van der Waals surface area contributed by atoms with E-state index in [9.17, 15) is 0 Å². The molecule has 2 N–H and O–H groups in total. The molecule has 0 amide bonds. The molecule has 0 aromatic carbocycles. The Labute approximate surface area is 95.0 Å². The number of nitriles is 1. The van der Waals surface area contributed by atoms with E-state index in [1.165, 1.54) is 0 Å². The highest BCUT2D eigenvalue weighted by atomic mass is 16.5. The number of fused-ring (bicyclic) bond motifs is 1. The van der Waals surface area contributed by atoms with E-state index in [4.69, 9.17) is 15.7 Å². The second-order valence-electron chi connectivity index (χ2n) is 4.75. The van der Waals surface area contributed by atoms with Crippen molar-refractivity contribution in [1.29, 1.82) is 5.26 Å². The molecule has 0 aliphatic carbocycles. The van der Waals surface area contributed by atoms with Gasteiger partial charge in [-0.15, -0.1) is 0 Å². The summed E-state index contributed by atoms with van der Waals surface area (Å²) in [6.07, 6.45) is 0.707. The number of ether oxygens (including phenoxy) is 1. The Hall–Kier alpha value is -1.60. The van der Waals surface area contributed by atoms with Crippen LogP contribution in [0.5, 0.6) is 0 Å². The van der Waals surface area contributed by atoms with Crippen LogP contribution in [0.15, 0.2) is 0 Å². The number of hydrogen-bond acceptors (Lipinski definition) is 4. The Morgan fingerprint density at radius 1 is 1.44 bits per heavy atom. The minimum Gasteiger partial charge on any atom is -0.383 e. The molecule has 2 heterocycles. The molecular formula is C12H15N3O. The zero-order valence-electron chi connectivity index (χ0n) is 9.79. The summed E-state index contributed by atoms with van der Waals surface area (Å²) in [5, 5.41) is 9.12. The standard InChI is InChI=1S/C12H15N3O/c1-7-10-6-16-12(2,3)4-8(10)9(5-13)11(14)15-7/h4,6H2,1-3H3,(H2,14,15). The molecule has 1 aromatic rings. The maximum Gasteiger partial charge on any atom is 0.141 e. The second-order valence-corrected chi connectivity index (χ2v) is 4.75. The van der Waals surface area contributed by atoms with E-state index in [-0.39, 0.29) is 5.60 Å². The summed E-state index contributed by atoms with van der Waals surface area (Å²) < 4.78 is 5.72. The minimum absolute atomic E-state index is 0.237. The van der Waals surface area contributed by atoms with Crippen LogP contribution >= 0.6 is 0 Å². The van der Waals surface area contributed by atoms with Gasteiger partial charge in [0, 0.05) is 17.7 Å². The summed E-state index contributed by atoms with van der Waals surface area (Å²) in [6, 6.07) is 2.15. The lowest BCUT2D eigenvalue weighted by Crippen LogP contribution is -2.33. The lowest BCUT2D eigenvalue weighted by atomic mass is 9.88. The van der Waals surface area contributed by atoms with Gasteiger partial charge in [0.15, 0.2) is 0 Å². The summed E-state index contributed by atoms with van der Waals surface area (Å²) in [5.74, 6) is 0.330. The van der Waals surface area contributed by atoms with E-state index in [1.807, 2.05) is 20.8 Å². The highest BCUT2D eigenvalue weighted by molar-refractivity contribution is 5.57. The van der Waals surface area contributed by atoms with Gasteiger partial charge in [-0.05, 0) is 26.3 Å². The third kappa shape index (κ3) is 1.63. The maximum absolute atomic E-state index is 9.12. The number of hydrogen-bond donors (Lipinski definition) is 1.